The summed E-state index contributed by atoms with van der Waals surface area (Å²) in [5, 5.41) is 9.33. The number of benzene rings is 2. The maximum atomic E-state index is 12.6. The Morgan fingerprint density at radius 1 is 1.10 bits per heavy atom. The van der Waals surface area contributed by atoms with Crippen LogP contribution in [0, 0.1) is 0 Å². The summed E-state index contributed by atoms with van der Waals surface area (Å²) in [5.74, 6) is 0.670. The second-order valence-electron chi connectivity index (χ2n) is 9.21. The van der Waals surface area contributed by atoms with E-state index in [-0.39, 0.29) is 30.6 Å². The number of methoxy groups -OCH3 is 1. The number of carbonyl (C=O) groups is 3. The number of hydrazone groups is 1. The first-order valence-electron chi connectivity index (χ1n) is 13.3. The molecule has 226 valence electrons. The highest BCUT2D eigenvalue weighted by Crippen LogP contribution is 2.37. The third kappa shape index (κ3) is 8.38. The van der Waals surface area contributed by atoms with Crippen LogP contribution in [0.4, 0.5) is 4.79 Å². The van der Waals surface area contributed by atoms with Crippen LogP contribution in [-0.4, -0.2) is 57.2 Å². The molecule has 0 saturated heterocycles. The van der Waals surface area contributed by atoms with Gasteiger partial charge in [0, 0.05) is 5.70 Å². The Balaban J connectivity index is 1.68. The van der Waals surface area contributed by atoms with Gasteiger partial charge in [-0.15, -0.1) is 0 Å². The maximum Gasteiger partial charge on any atom is 0.338 e. The minimum absolute atomic E-state index is 0.0392. The molecule has 3 rings (SSSR count). The highest BCUT2D eigenvalue weighted by Gasteiger charge is 2.32. The van der Waals surface area contributed by atoms with Crippen LogP contribution in [-0.2, 0) is 14.3 Å². The largest absolute Gasteiger partial charge is 0.493 e. The monoisotopic (exact) mass is 646 g/mol. The van der Waals surface area contributed by atoms with E-state index in [1.807, 2.05) is 20.8 Å². The first-order chi connectivity index (χ1) is 20.1. The second-order valence-corrected chi connectivity index (χ2v) is 10.1. The number of ether oxygens (including phenoxy) is 5. The molecule has 2 aromatic rings. The van der Waals surface area contributed by atoms with Gasteiger partial charge in [0.1, 0.15) is 0 Å². The fourth-order valence-electron chi connectivity index (χ4n) is 4.04. The van der Waals surface area contributed by atoms with Gasteiger partial charge in [-0.25, -0.2) is 15.0 Å². The minimum Gasteiger partial charge on any atom is -0.493 e. The lowest BCUT2D eigenvalue weighted by atomic mass is 9.95. The predicted molar refractivity (Wildman–Crippen MR) is 159 cm³/mol. The van der Waals surface area contributed by atoms with Gasteiger partial charge in [0.15, 0.2) is 29.6 Å². The standard InChI is InChI=1S/C29H35BrN4O8/c1-7-39-23-12-18(11-20(30)27(23)42-16(3)4)14-31-34-24(35)15-41-21-10-9-19(13-22(21)38-6)26-25(28(36)40-8-2)17(5)32-29(37)33-26/h9-14,16,26H,7-8,15H2,1-6H3,(H,34,35)(H2,32,33,37)/b31-14+/t26-/m1/s1. The summed E-state index contributed by atoms with van der Waals surface area (Å²) in [5.41, 5.74) is 4.32. The molecule has 1 atom stereocenters. The molecule has 0 saturated carbocycles. The van der Waals surface area contributed by atoms with Gasteiger partial charge in [0.05, 0.1) is 48.7 Å². The zero-order valence-electron chi connectivity index (χ0n) is 24.3. The number of carbonyl (C=O) groups excluding carboxylic acids is 3. The number of hydrogen-bond acceptors (Lipinski definition) is 9. The van der Waals surface area contributed by atoms with Crippen molar-refractivity contribution >= 4 is 40.1 Å². The molecule has 0 radical (unpaired) electrons. The Labute approximate surface area is 252 Å². The van der Waals surface area contributed by atoms with Crippen LogP contribution in [0.25, 0.3) is 0 Å². The number of halogens is 1. The van der Waals surface area contributed by atoms with Crippen molar-refractivity contribution in [1.29, 1.82) is 0 Å². The number of nitrogens with zero attached hydrogens (tertiary/aromatic N) is 1. The Morgan fingerprint density at radius 2 is 1.86 bits per heavy atom. The maximum absolute atomic E-state index is 12.6. The number of hydrogen-bond donors (Lipinski definition) is 3. The normalized spacial score (nSPS) is 14.8. The van der Waals surface area contributed by atoms with Gasteiger partial charge in [-0.2, -0.15) is 5.10 Å². The van der Waals surface area contributed by atoms with Crippen LogP contribution < -0.4 is 35.0 Å². The molecule has 3 amide bonds. The van der Waals surface area contributed by atoms with Crippen molar-refractivity contribution in [2.75, 3.05) is 26.9 Å². The molecule has 0 fully saturated rings. The summed E-state index contributed by atoms with van der Waals surface area (Å²) in [7, 11) is 1.44. The van der Waals surface area contributed by atoms with E-state index in [9.17, 15) is 14.4 Å². The molecule has 1 aliphatic rings. The molecule has 1 heterocycles. The lowest BCUT2D eigenvalue weighted by molar-refractivity contribution is -0.139. The number of esters is 1. The van der Waals surface area contributed by atoms with E-state index in [1.54, 1.807) is 44.2 Å². The molecule has 3 N–H and O–H groups in total. The molecule has 0 bridgehead atoms. The number of allylic oxidation sites excluding steroid dienone is 1. The van der Waals surface area contributed by atoms with Gasteiger partial charge >= 0.3 is 12.0 Å². The van der Waals surface area contributed by atoms with Crippen LogP contribution in [0.15, 0.2) is 51.2 Å². The second kappa shape index (κ2) is 15.1. The van der Waals surface area contributed by atoms with E-state index in [0.29, 0.717) is 45.2 Å². The summed E-state index contributed by atoms with van der Waals surface area (Å²) in [4.78, 5) is 37.2. The molecule has 0 spiro atoms. The van der Waals surface area contributed by atoms with Gasteiger partial charge in [-0.05, 0) is 85.9 Å². The average Bonchev–Trinajstić information content (AvgIpc) is 2.93. The predicted octanol–water partition coefficient (Wildman–Crippen LogP) is 4.36. The molecule has 0 aliphatic carbocycles. The van der Waals surface area contributed by atoms with Crippen molar-refractivity contribution in [3.63, 3.8) is 0 Å². The zero-order valence-corrected chi connectivity index (χ0v) is 25.9. The van der Waals surface area contributed by atoms with Gasteiger partial charge in [0.2, 0.25) is 0 Å². The molecular formula is C29H35BrN4O8. The minimum atomic E-state index is -0.771. The number of amides is 3. The molecule has 0 unspecified atom stereocenters. The van der Waals surface area contributed by atoms with Crippen LogP contribution in [0.5, 0.6) is 23.0 Å². The Bertz CT molecular complexity index is 1380. The number of rotatable bonds is 13. The highest BCUT2D eigenvalue weighted by molar-refractivity contribution is 9.10. The first kappa shape index (κ1) is 32.3. The number of nitrogens with one attached hydrogen (secondary N) is 3. The van der Waals surface area contributed by atoms with Crippen LogP contribution in [0.1, 0.15) is 51.8 Å². The van der Waals surface area contributed by atoms with Gasteiger partial charge in [-0.3, -0.25) is 4.79 Å². The smallest absolute Gasteiger partial charge is 0.338 e. The SMILES string of the molecule is CCOC(=O)C1=C(C)NC(=O)N[C@@H]1c1ccc(OCC(=O)N/N=C/c2cc(Br)c(OC(C)C)c(OCC)c2)c(OC)c1. The van der Waals surface area contributed by atoms with E-state index < -0.39 is 23.9 Å². The fraction of sp³-hybridized carbons (Fsp3) is 0.379. The zero-order chi connectivity index (χ0) is 30.8. The molecule has 0 aromatic heterocycles. The quantitative estimate of drug-likeness (QED) is 0.165. The van der Waals surface area contributed by atoms with Crippen molar-refractivity contribution < 1.29 is 38.1 Å². The molecule has 2 aromatic carbocycles. The number of urea groups is 1. The van der Waals surface area contributed by atoms with E-state index in [0.717, 1.165) is 0 Å². The van der Waals surface area contributed by atoms with Crippen LogP contribution in [0.2, 0.25) is 0 Å². The topological polar surface area (TPSA) is 146 Å². The van der Waals surface area contributed by atoms with Crippen molar-refractivity contribution in [3.05, 3.63) is 57.2 Å². The lowest BCUT2D eigenvalue weighted by Crippen LogP contribution is -2.45. The van der Waals surface area contributed by atoms with Crippen LogP contribution >= 0.6 is 15.9 Å². The highest BCUT2D eigenvalue weighted by atomic mass is 79.9. The van der Waals surface area contributed by atoms with Gasteiger partial charge in [-0.1, -0.05) is 6.07 Å². The Morgan fingerprint density at radius 3 is 2.52 bits per heavy atom. The van der Waals surface area contributed by atoms with Gasteiger partial charge < -0.3 is 34.3 Å². The summed E-state index contributed by atoms with van der Waals surface area (Å²) < 4.78 is 28.5. The lowest BCUT2D eigenvalue weighted by Gasteiger charge is -2.28. The molecule has 12 nitrogen and oxygen atoms in total. The van der Waals surface area contributed by atoms with Crippen molar-refractivity contribution in [1.82, 2.24) is 16.1 Å². The molecular weight excluding hydrogens is 612 g/mol. The molecule has 42 heavy (non-hydrogen) atoms. The average molecular weight is 648 g/mol. The van der Waals surface area contributed by atoms with E-state index in [2.05, 4.69) is 37.1 Å². The molecule has 1 aliphatic heterocycles. The van der Waals surface area contributed by atoms with Crippen LogP contribution in [0.3, 0.4) is 0 Å². The third-order valence-electron chi connectivity index (χ3n) is 5.73. The molecule has 13 heteroatoms. The fourth-order valence-corrected chi connectivity index (χ4v) is 4.59. The van der Waals surface area contributed by atoms with Gasteiger partial charge in [0.25, 0.3) is 5.91 Å². The Kier molecular flexibility index (Phi) is 11.6. The third-order valence-corrected chi connectivity index (χ3v) is 6.32. The Hall–Kier alpha value is -4.26. The van der Waals surface area contributed by atoms with Crippen molar-refractivity contribution in [2.45, 2.75) is 46.8 Å². The van der Waals surface area contributed by atoms with E-state index in [1.165, 1.54) is 13.3 Å². The summed E-state index contributed by atoms with van der Waals surface area (Å²) in [6.07, 6.45) is 1.44. The summed E-state index contributed by atoms with van der Waals surface area (Å²) in [6.45, 7) is 9.34. The van der Waals surface area contributed by atoms with Crippen molar-refractivity contribution in [3.8, 4) is 23.0 Å². The first-order valence-corrected chi connectivity index (χ1v) is 14.1. The summed E-state index contributed by atoms with van der Waals surface area (Å²) >= 11 is 3.50. The van der Waals surface area contributed by atoms with E-state index in [4.69, 9.17) is 23.7 Å². The van der Waals surface area contributed by atoms with Crippen molar-refractivity contribution in [2.24, 2.45) is 5.10 Å². The van der Waals surface area contributed by atoms with E-state index >= 15 is 0 Å². The summed E-state index contributed by atoms with van der Waals surface area (Å²) in [6, 6.07) is 7.21.